The molecule has 262 valence electrons. The topological polar surface area (TPSA) is 176 Å². The Labute approximate surface area is 292 Å². The van der Waals surface area contributed by atoms with Crippen LogP contribution in [0, 0.1) is 5.41 Å². The van der Waals surface area contributed by atoms with Crippen LogP contribution in [0.1, 0.15) is 58.9 Å². The number of ether oxygens (including phenoxy) is 1. The molecule has 3 amide bonds. The second kappa shape index (κ2) is 15.5. The van der Waals surface area contributed by atoms with Crippen molar-refractivity contribution in [1.29, 1.82) is 0 Å². The SMILES string of the molecule is CNC(=O)CCCN(CCN(C)C(=O)CC(C)(C)C1=C(C)C(=O)C(C)=C(C)C1=O)C(=O)Oc1ccc2nc(C3=NC(C(=O)O)CS3)sc2c1. The van der Waals surface area contributed by atoms with Crippen LogP contribution in [0.2, 0.25) is 0 Å². The molecule has 2 N–H and O–H groups in total. The molecule has 15 heteroatoms. The van der Waals surface area contributed by atoms with Crippen LogP contribution in [0.15, 0.2) is 45.5 Å². The summed E-state index contributed by atoms with van der Waals surface area (Å²) in [6.07, 6.45) is -0.129. The van der Waals surface area contributed by atoms with Gasteiger partial charge in [-0.25, -0.2) is 14.6 Å². The molecule has 0 spiro atoms. The molecule has 13 nitrogen and oxygen atoms in total. The largest absolute Gasteiger partial charge is 0.480 e. The average molecular weight is 712 g/mol. The Balaban J connectivity index is 1.44. The lowest BCUT2D eigenvalue weighted by Crippen LogP contribution is -2.42. The number of carbonyl (C=O) groups excluding carboxylic acids is 5. The summed E-state index contributed by atoms with van der Waals surface area (Å²) in [6.45, 7) is 8.89. The average Bonchev–Trinajstić information content (AvgIpc) is 3.71. The lowest BCUT2D eigenvalue weighted by molar-refractivity contribution is -0.138. The number of thiazole rings is 1. The first-order valence-corrected chi connectivity index (χ1v) is 17.6. The van der Waals surface area contributed by atoms with Crippen LogP contribution >= 0.6 is 23.1 Å². The van der Waals surface area contributed by atoms with Crippen molar-refractivity contribution < 1.29 is 38.6 Å². The number of likely N-dealkylation sites (N-methyl/N-ethyl adjacent to an activating group) is 1. The van der Waals surface area contributed by atoms with Gasteiger partial charge in [-0.15, -0.1) is 23.1 Å². The summed E-state index contributed by atoms with van der Waals surface area (Å²) in [7, 11) is 3.14. The Morgan fingerprint density at radius 2 is 1.73 bits per heavy atom. The molecule has 0 saturated heterocycles. The molecule has 49 heavy (non-hydrogen) atoms. The monoisotopic (exact) mass is 711 g/mol. The first-order chi connectivity index (χ1) is 23.0. The van der Waals surface area contributed by atoms with Crippen LogP contribution in [0.5, 0.6) is 5.75 Å². The predicted octanol–water partition coefficient (Wildman–Crippen LogP) is 4.25. The summed E-state index contributed by atoms with van der Waals surface area (Å²) in [5, 5.41) is 13.0. The summed E-state index contributed by atoms with van der Waals surface area (Å²) in [6, 6.07) is 4.19. The van der Waals surface area contributed by atoms with E-state index in [4.69, 9.17) is 4.74 Å². The van der Waals surface area contributed by atoms with Crippen molar-refractivity contribution in [1.82, 2.24) is 20.1 Å². The Morgan fingerprint density at radius 1 is 1.04 bits per heavy atom. The van der Waals surface area contributed by atoms with E-state index < -0.39 is 23.5 Å². The normalized spacial score (nSPS) is 16.6. The van der Waals surface area contributed by atoms with Crippen molar-refractivity contribution in [2.24, 2.45) is 10.4 Å². The highest BCUT2D eigenvalue weighted by atomic mass is 32.2. The third kappa shape index (κ3) is 8.63. The summed E-state index contributed by atoms with van der Waals surface area (Å²) >= 11 is 2.65. The maximum atomic E-state index is 13.4. The van der Waals surface area contributed by atoms with Crippen LogP contribution in [0.3, 0.4) is 0 Å². The first kappa shape index (κ1) is 37.4. The molecule has 1 aromatic heterocycles. The molecule has 0 saturated carbocycles. The number of hydrogen-bond donors (Lipinski definition) is 2. The van der Waals surface area contributed by atoms with E-state index in [1.54, 1.807) is 59.9 Å². The fourth-order valence-corrected chi connectivity index (χ4v) is 7.69. The van der Waals surface area contributed by atoms with E-state index in [0.29, 0.717) is 50.0 Å². The third-order valence-electron chi connectivity index (χ3n) is 8.64. The zero-order valence-corrected chi connectivity index (χ0v) is 30.3. The second-order valence-electron chi connectivity index (χ2n) is 12.7. The molecule has 0 fully saturated rings. The molecule has 0 bridgehead atoms. The van der Waals surface area contributed by atoms with Gasteiger partial charge >= 0.3 is 12.1 Å². The van der Waals surface area contributed by atoms with E-state index in [1.807, 2.05) is 0 Å². The van der Waals surface area contributed by atoms with Crippen molar-refractivity contribution in [3.8, 4) is 5.75 Å². The highest BCUT2D eigenvalue weighted by Gasteiger charge is 2.39. The second-order valence-corrected chi connectivity index (χ2v) is 14.7. The predicted molar refractivity (Wildman–Crippen MR) is 188 cm³/mol. The van der Waals surface area contributed by atoms with Gasteiger partial charge in [0.1, 0.15) is 15.8 Å². The molecule has 2 aromatic rings. The zero-order chi connectivity index (χ0) is 36.2. The van der Waals surface area contributed by atoms with Crippen molar-refractivity contribution in [2.45, 2.75) is 59.9 Å². The number of thioether (sulfide) groups is 1. The van der Waals surface area contributed by atoms with Crippen molar-refractivity contribution in [3.05, 3.63) is 45.5 Å². The number of carbonyl (C=O) groups is 6. The number of nitrogens with zero attached hydrogens (tertiary/aromatic N) is 4. The summed E-state index contributed by atoms with van der Waals surface area (Å²) in [4.78, 5) is 87.6. The number of amides is 3. The van der Waals surface area contributed by atoms with Gasteiger partial charge in [-0.2, -0.15) is 0 Å². The number of carboxylic acids is 1. The number of aromatic nitrogens is 1. The summed E-state index contributed by atoms with van der Waals surface area (Å²) in [5.74, 6) is -1.24. The van der Waals surface area contributed by atoms with E-state index in [9.17, 15) is 33.9 Å². The lowest BCUT2D eigenvalue weighted by atomic mass is 9.71. The van der Waals surface area contributed by atoms with Crippen molar-refractivity contribution >= 4 is 73.8 Å². The number of hydrogen-bond acceptors (Lipinski definition) is 11. The van der Waals surface area contributed by atoms with Gasteiger partial charge in [0.25, 0.3) is 0 Å². The molecule has 1 aliphatic carbocycles. The summed E-state index contributed by atoms with van der Waals surface area (Å²) in [5.41, 5.74) is 1.23. The molecular weight excluding hydrogens is 671 g/mol. The van der Waals surface area contributed by atoms with Crippen molar-refractivity contribution in [3.63, 3.8) is 0 Å². The molecule has 1 aliphatic heterocycles. The first-order valence-electron chi connectivity index (χ1n) is 15.8. The van der Waals surface area contributed by atoms with Crippen molar-refractivity contribution in [2.75, 3.05) is 39.5 Å². The Bertz CT molecular complexity index is 1810. The van der Waals surface area contributed by atoms with Gasteiger partial charge in [0, 0.05) is 86.1 Å². The van der Waals surface area contributed by atoms with Crippen LogP contribution in [-0.2, 0) is 24.0 Å². The number of aliphatic imine (C=N–C) groups is 1. The fourth-order valence-electron chi connectivity index (χ4n) is 5.60. The minimum Gasteiger partial charge on any atom is -0.480 e. The van der Waals surface area contributed by atoms with Gasteiger partial charge in [-0.3, -0.25) is 24.2 Å². The molecule has 1 aromatic carbocycles. The molecule has 4 rings (SSSR count). The van der Waals surface area contributed by atoms with Crippen LogP contribution < -0.4 is 10.1 Å². The number of allylic oxidation sites excluding steroid dienone is 4. The number of rotatable bonds is 13. The molecule has 2 heterocycles. The zero-order valence-electron chi connectivity index (χ0n) is 28.7. The third-order valence-corrected chi connectivity index (χ3v) is 10.8. The number of benzene rings is 1. The Hall–Kier alpha value is -4.37. The maximum absolute atomic E-state index is 13.4. The Morgan fingerprint density at radius 3 is 2.39 bits per heavy atom. The van der Waals surface area contributed by atoms with E-state index >= 15 is 0 Å². The van der Waals surface area contributed by atoms with Gasteiger partial charge in [-0.1, -0.05) is 13.8 Å². The van der Waals surface area contributed by atoms with Gasteiger partial charge in [0.2, 0.25) is 11.8 Å². The van der Waals surface area contributed by atoms with E-state index in [-0.39, 0.29) is 61.6 Å². The van der Waals surface area contributed by atoms with Gasteiger partial charge in [0.05, 0.1) is 10.2 Å². The molecule has 1 unspecified atom stereocenters. The minimum atomic E-state index is -0.985. The lowest BCUT2D eigenvalue weighted by Gasteiger charge is -2.33. The number of nitrogens with one attached hydrogen (secondary N) is 1. The van der Waals surface area contributed by atoms with Gasteiger partial charge < -0.3 is 25.0 Å². The van der Waals surface area contributed by atoms with E-state index in [1.165, 1.54) is 39.9 Å². The minimum absolute atomic E-state index is 0.0264. The van der Waals surface area contributed by atoms with Crippen LogP contribution in [0.25, 0.3) is 10.2 Å². The summed E-state index contributed by atoms with van der Waals surface area (Å²) < 4.78 is 6.45. The Kier molecular flexibility index (Phi) is 11.8. The smallest absolute Gasteiger partial charge is 0.415 e. The van der Waals surface area contributed by atoms with Gasteiger partial charge in [0.15, 0.2) is 17.6 Å². The number of ketones is 2. The molecule has 1 atom stereocenters. The number of carboxylic acid groups (broad SMARTS) is 1. The quantitative estimate of drug-likeness (QED) is 0.286. The van der Waals surface area contributed by atoms with E-state index in [0.717, 1.165) is 4.70 Å². The van der Waals surface area contributed by atoms with E-state index in [2.05, 4.69) is 15.3 Å². The van der Waals surface area contributed by atoms with Crippen LogP contribution in [-0.4, -0.2) is 106 Å². The standard InChI is InChI=1S/C34H41N5O8S2/c1-18-19(2)29(43)27(20(3)28(18)42)34(4,5)16-26(41)38(7)13-14-39(12-8-9-25(40)35-6)33(46)47-21-10-11-22-24(15-21)49-31(36-22)30-37-23(17-48-30)32(44)45/h10-11,15,23H,8-9,12-14,16-17H2,1-7H3,(H,35,40)(H,44,45). The maximum Gasteiger partial charge on any atom is 0.415 e. The fraction of sp³-hybridized carbons (Fsp3) is 0.471. The van der Waals surface area contributed by atoms with Gasteiger partial charge in [-0.05, 0) is 39.3 Å². The molecule has 0 radical (unpaired) electrons. The number of aliphatic carboxylic acids is 1. The highest BCUT2D eigenvalue weighted by molar-refractivity contribution is 8.15. The number of fused-ring (bicyclic) bond motifs is 1. The number of Topliss-reactive ketones (excluding diaryl/α,β-unsaturated/α-hetero) is 2. The highest BCUT2D eigenvalue weighted by Crippen LogP contribution is 2.39. The van der Waals surface area contributed by atoms with Crippen LogP contribution in [0.4, 0.5) is 4.79 Å². The molecule has 2 aliphatic rings. The molecular formula is C34H41N5O8S2.